The van der Waals surface area contributed by atoms with E-state index < -0.39 is 0 Å². The van der Waals surface area contributed by atoms with Crippen molar-refractivity contribution in [3.63, 3.8) is 0 Å². The third-order valence-corrected chi connectivity index (χ3v) is 6.71. The van der Waals surface area contributed by atoms with E-state index in [9.17, 15) is 9.59 Å². The average Bonchev–Trinajstić information content (AvgIpc) is 3.24. The number of nitrogens with one attached hydrogen (secondary N) is 1. The summed E-state index contributed by atoms with van der Waals surface area (Å²) in [5.74, 6) is 0.587. The third-order valence-electron chi connectivity index (χ3n) is 6.71. The minimum Gasteiger partial charge on any atom is -0.497 e. The van der Waals surface area contributed by atoms with Crippen LogP contribution in [0.5, 0.6) is 5.75 Å². The Morgan fingerprint density at radius 2 is 2.03 bits per heavy atom. The molecule has 1 amide bonds. The highest BCUT2D eigenvalue weighted by Crippen LogP contribution is 2.26. The van der Waals surface area contributed by atoms with Gasteiger partial charge in [0.1, 0.15) is 12.3 Å². The summed E-state index contributed by atoms with van der Waals surface area (Å²) >= 11 is 0. The number of fused-ring (bicyclic) bond motifs is 3. The number of carbonyl (C=O) groups is 1. The number of hydrogen-bond donors (Lipinski definition) is 1. The molecular formula is C24H33N5O3. The second-order valence-electron chi connectivity index (χ2n) is 8.58. The normalized spacial score (nSPS) is 15.0. The molecule has 3 aromatic rings. The summed E-state index contributed by atoms with van der Waals surface area (Å²) in [6, 6.07) is 6.21. The van der Waals surface area contributed by atoms with Crippen LogP contribution in [0.2, 0.25) is 0 Å². The largest absolute Gasteiger partial charge is 0.497 e. The predicted octanol–water partition coefficient (Wildman–Crippen LogP) is 2.67. The molecule has 2 heterocycles. The number of benzene rings is 1. The molecule has 2 aromatic heterocycles. The fourth-order valence-electron chi connectivity index (χ4n) is 4.94. The maximum Gasteiger partial charge on any atom is 0.261 e. The van der Waals surface area contributed by atoms with E-state index in [4.69, 9.17) is 4.74 Å². The zero-order chi connectivity index (χ0) is 22.7. The lowest BCUT2D eigenvalue weighted by Crippen LogP contribution is -2.42. The van der Waals surface area contributed by atoms with Crippen LogP contribution in [0, 0.1) is 0 Å². The Balaban J connectivity index is 1.50. The Morgan fingerprint density at radius 1 is 1.25 bits per heavy atom. The van der Waals surface area contributed by atoms with Gasteiger partial charge in [0.2, 0.25) is 5.91 Å². The molecule has 4 rings (SSSR count). The lowest BCUT2D eigenvalue weighted by molar-refractivity contribution is -0.121. The van der Waals surface area contributed by atoms with Gasteiger partial charge in [0.15, 0.2) is 0 Å². The molecule has 1 N–H and O–H groups in total. The maximum absolute atomic E-state index is 12.8. The molecule has 0 spiro atoms. The first-order valence-electron chi connectivity index (χ1n) is 11.6. The van der Waals surface area contributed by atoms with E-state index in [1.165, 1.54) is 32.1 Å². The number of amides is 1. The summed E-state index contributed by atoms with van der Waals surface area (Å²) < 4.78 is 8.60. The Morgan fingerprint density at radius 3 is 2.75 bits per heavy atom. The topological polar surface area (TPSA) is 81.4 Å². The Kier molecular flexibility index (Phi) is 6.79. The Labute approximate surface area is 188 Å². The van der Waals surface area contributed by atoms with Crippen LogP contribution in [0.1, 0.15) is 39.0 Å². The number of pyridine rings is 1. The van der Waals surface area contributed by atoms with Crippen LogP contribution >= 0.6 is 0 Å². The lowest BCUT2D eigenvalue weighted by atomic mass is 9.94. The van der Waals surface area contributed by atoms with Crippen molar-refractivity contribution in [3.8, 4) is 5.75 Å². The first-order chi connectivity index (χ1) is 15.5. The van der Waals surface area contributed by atoms with Crippen molar-refractivity contribution in [1.82, 2.24) is 24.6 Å². The minimum absolute atomic E-state index is 0.0680. The van der Waals surface area contributed by atoms with Gasteiger partial charge in [-0.1, -0.05) is 26.2 Å². The van der Waals surface area contributed by atoms with Gasteiger partial charge in [-0.15, -0.1) is 0 Å². The molecule has 0 saturated heterocycles. The molecule has 0 bridgehead atoms. The number of methoxy groups -OCH3 is 1. The third kappa shape index (κ3) is 4.37. The number of ether oxygens (including phenoxy) is 1. The molecule has 0 atom stereocenters. The van der Waals surface area contributed by atoms with E-state index in [1.807, 2.05) is 18.2 Å². The molecule has 0 unspecified atom stereocenters. The number of aryl methyl sites for hydroxylation is 1. The number of likely N-dealkylation sites (N-methyl/N-ethyl adjacent to an activating group) is 1. The van der Waals surface area contributed by atoms with E-state index in [1.54, 1.807) is 29.6 Å². The second kappa shape index (κ2) is 9.73. The SMILES string of the molecule is CCN(CCNC(=O)Cn1ncc2c(=O)n(C)c3ccc(OC)cc3c21)C1CCCCC1. The fraction of sp³-hybridized carbons (Fsp3) is 0.542. The van der Waals surface area contributed by atoms with E-state index in [2.05, 4.69) is 22.2 Å². The smallest absolute Gasteiger partial charge is 0.261 e. The van der Waals surface area contributed by atoms with Crippen LogP contribution < -0.4 is 15.6 Å². The molecule has 0 radical (unpaired) electrons. The fourth-order valence-corrected chi connectivity index (χ4v) is 4.94. The zero-order valence-corrected chi connectivity index (χ0v) is 19.3. The van der Waals surface area contributed by atoms with Gasteiger partial charge >= 0.3 is 0 Å². The molecule has 1 fully saturated rings. The van der Waals surface area contributed by atoms with Crippen molar-refractivity contribution < 1.29 is 9.53 Å². The molecular weight excluding hydrogens is 406 g/mol. The van der Waals surface area contributed by atoms with Crippen LogP contribution in [-0.2, 0) is 18.4 Å². The maximum atomic E-state index is 12.8. The van der Waals surface area contributed by atoms with Crippen molar-refractivity contribution in [3.05, 3.63) is 34.7 Å². The van der Waals surface area contributed by atoms with Crippen LogP contribution in [0.4, 0.5) is 0 Å². The molecule has 8 heteroatoms. The molecule has 8 nitrogen and oxygen atoms in total. The zero-order valence-electron chi connectivity index (χ0n) is 19.3. The lowest BCUT2D eigenvalue weighted by Gasteiger charge is -2.33. The molecule has 32 heavy (non-hydrogen) atoms. The Hall–Kier alpha value is -2.87. The number of hydrogen-bond acceptors (Lipinski definition) is 5. The van der Waals surface area contributed by atoms with Gasteiger partial charge in [0, 0.05) is 31.6 Å². The van der Waals surface area contributed by atoms with Gasteiger partial charge < -0.3 is 14.6 Å². The number of carbonyl (C=O) groups excluding carboxylic acids is 1. The monoisotopic (exact) mass is 439 g/mol. The average molecular weight is 440 g/mol. The number of nitrogens with zero attached hydrogens (tertiary/aromatic N) is 4. The molecule has 1 aromatic carbocycles. The summed E-state index contributed by atoms with van der Waals surface area (Å²) in [4.78, 5) is 28.0. The van der Waals surface area contributed by atoms with E-state index in [0.29, 0.717) is 29.2 Å². The van der Waals surface area contributed by atoms with Crippen LogP contribution in [0.25, 0.3) is 21.8 Å². The number of rotatable bonds is 8. The molecule has 1 aliphatic carbocycles. The summed E-state index contributed by atoms with van der Waals surface area (Å²) in [5, 5.41) is 8.73. The summed E-state index contributed by atoms with van der Waals surface area (Å²) in [6.45, 7) is 4.72. The van der Waals surface area contributed by atoms with Gasteiger partial charge in [0.25, 0.3) is 5.56 Å². The van der Waals surface area contributed by atoms with E-state index in [-0.39, 0.29) is 18.0 Å². The van der Waals surface area contributed by atoms with Gasteiger partial charge in [-0.2, -0.15) is 5.10 Å². The van der Waals surface area contributed by atoms with Crippen molar-refractivity contribution >= 4 is 27.7 Å². The predicted molar refractivity (Wildman–Crippen MR) is 126 cm³/mol. The standard InChI is InChI=1S/C24H33N5O3/c1-4-28(17-8-6-5-7-9-17)13-12-25-22(30)16-29-23-19-14-18(32-3)10-11-21(19)27(2)24(31)20(23)15-26-29/h10-11,14-15,17H,4-9,12-13,16H2,1-3H3,(H,25,30). The van der Waals surface area contributed by atoms with Gasteiger partial charge in [-0.25, -0.2) is 0 Å². The first kappa shape index (κ1) is 22.3. The van der Waals surface area contributed by atoms with Crippen molar-refractivity contribution in [2.45, 2.75) is 51.6 Å². The molecule has 0 aliphatic heterocycles. The first-order valence-corrected chi connectivity index (χ1v) is 11.6. The summed E-state index contributed by atoms with van der Waals surface area (Å²) in [7, 11) is 3.35. The van der Waals surface area contributed by atoms with Crippen molar-refractivity contribution in [2.24, 2.45) is 7.05 Å². The van der Waals surface area contributed by atoms with Crippen molar-refractivity contribution in [1.29, 1.82) is 0 Å². The summed E-state index contributed by atoms with van der Waals surface area (Å²) in [6.07, 6.45) is 8.01. The molecule has 172 valence electrons. The summed E-state index contributed by atoms with van der Waals surface area (Å²) in [5.41, 5.74) is 1.31. The molecule has 1 aliphatic rings. The van der Waals surface area contributed by atoms with E-state index in [0.717, 1.165) is 24.0 Å². The van der Waals surface area contributed by atoms with Gasteiger partial charge in [0.05, 0.1) is 29.7 Å². The van der Waals surface area contributed by atoms with Crippen LogP contribution in [0.3, 0.4) is 0 Å². The quantitative estimate of drug-likeness (QED) is 0.584. The minimum atomic E-state index is -0.129. The van der Waals surface area contributed by atoms with Crippen LogP contribution in [0.15, 0.2) is 29.2 Å². The second-order valence-corrected chi connectivity index (χ2v) is 8.58. The molecule has 1 saturated carbocycles. The van der Waals surface area contributed by atoms with Crippen molar-refractivity contribution in [2.75, 3.05) is 26.7 Å². The van der Waals surface area contributed by atoms with E-state index >= 15 is 0 Å². The van der Waals surface area contributed by atoms with Crippen LogP contribution in [-0.4, -0.2) is 57.9 Å². The highest BCUT2D eigenvalue weighted by Gasteiger charge is 2.20. The Bertz CT molecular complexity index is 1160. The number of aromatic nitrogens is 3. The highest BCUT2D eigenvalue weighted by atomic mass is 16.5. The van der Waals surface area contributed by atoms with Gasteiger partial charge in [-0.05, 0) is 37.6 Å². The highest BCUT2D eigenvalue weighted by molar-refractivity contribution is 6.04. The van der Waals surface area contributed by atoms with Gasteiger partial charge in [-0.3, -0.25) is 19.2 Å².